The van der Waals surface area contributed by atoms with Crippen molar-refractivity contribution in [1.82, 2.24) is 15.5 Å². The standard InChI is InChI=1S/C12H15FN4O/c1-8(14-2)11-15-16-12(18-11)17(3)10-6-4-5-9(13)7-10/h4-8,14H,1-3H3. The van der Waals surface area contributed by atoms with Gasteiger partial charge in [-0.1, -0.05) is 11.2 Å². The van der Waals surface area contributed by atoms with E-state index in [1.807, 2.05) is 14.0 Å². The van der Waals surface area contributed by atoms with Gasteiger partial charge in [0.1, 0.15) is 5.82 Å². The number of nitrogens with zero attached hydrogens (tertiary/aromatic N) is 3. The Hall–Kier alpha value is -1.95. The van der Waals surface area contributed by atoms with E-state index in [2.05, 4.69) is 15.5 Å². The zero-order chi connectivity index (χ0) is 13.1. The Bertz CT molecular complexity index is 528. The first-order chi connectivity index (χ1) is 8.61. The van der Waals surface area contributed by atoms with Crippen LogP contribution in [0.1, 0.15) is 18.9 Å². The highest BCUT2D eigenvalue weighted by Crippen LogP contribution is 2.24. The molecule has 1 atom stereocenters. The van der Waals surface area contributed by atoms with Crippen molar-refractivity contribution in [2.24, 2.45) is 0 Å². The van der Waals surface area contributed by atoms with Crippen LogP contribution in [0.4, 0.5) is 16.1 Å². The molecular weight excluding hydrogens is 235 g/mol. The van der Waals surface area contributed by atoms with Crippen molar-refractivity contribution < 1.29 is 8.81 Å². The summed E-state index contributed by atoms with van der Waals surface area (Å²) in [6, 6.07) is 6.51. The highest BCUT2D eigenvalue weighted by molar-refractivity contribution is 5.54. The van der Waals surface area contributed by atoms with E-state index >= 15 is 0 Å². The van der Waals surface area contributed by atoms with Crippen molar-refractivity contribution in [1.29, 1.82) is 0 Å². The van der Waals surface area contributed by atoms with Gasteiger partial charge >= 0.3 is 6.01 Å². The lowest BCUT2D eigenvalue weighted by Gasteiger charge is -2.13. The molecule has 0 aliphatic heterocycles. The Kier molecular flexibility index (Phi) is 3.57. The molecule has 96 valence electrons. The van der Waals surface area contributed by atoms with Gasteiger partial charge < -0.3 is 9.73 Å². The number of benzene rings is 1. The smallest absolute Gasteiger partial charge is 0.322 e. The van der Waals surface area contributed by atoms with Crippen LogP contribution >= 0.6 is 0 Å². The molecule has 0 aliphatic carbocycles. The van der Waals surface area contributed by atoms with Crippen LogP contribution in [-0.4, -0.2) is 24.3 Å². The second-order valence-corrected chi connectivity index (χ2v) is 3.97. The summed E-state index contributed by atoms with van der Waals surface area (Å²) in [5.74, 6) is 0.193. The summed E-state index contributed by atoms with van der Waals surface area (Å²) < 4.78 is 18.6. The molecule has 0 bridgehead atoms. The first-order valence-corrected chi connectivity index (χ1v) is 5.61. The molecule has 18 heavy (non-hydrogen) atoms. The van der Waals surface area contributed by atoms with E-state index in [4.69, 9.17) is 4.42 Å². The van der Waals surface area contributed by atoms with Crippen LogP contribution in [0.2, 0.25) is 0 Å². The Morgan fingerprint density at radius 3 is 2.83 bits per heavy atom. The largest absolute Gasteiger partial charge is 0.406 e. The Balaban J connectivity index is 2.23. The molecule has 0 aliphatic rings. The molecule has 6 heteroatoms. The minimum absolute atomic E-state index is 0.0211. The predicted octanol–water partition coefficient (Wildman–Crippen LogP) is 2.26. The third kappa shape index (κ3) is 2.48. The second-order valence-electron chi connectivity index (χ2n) is 3.97. The van der Waals surface area contributed by atoms with Crippen molar-refractivity contribution in [2.75, 3.05) is 19.0 Å². The molecule has 1 heterocycles. The topological polar surface area (TPSA) is 54.2 Å². The van der Waals surface area contributed by atoms with Crippen molar-refractivity contribution in [2.45, 2.75) is 13.0 Å². The molecule has 0 fully saturated rings. The molecule has 0 spiro atoms. The van der Waals surface area contributed by atoms with Crippen LogP contribution in [0.25, 0.3) is 0 Å². The Labute approximate surface area is 105 Å². The molecule has 5 nitrogen and oxygen atoms in total. The van der Waals surface area contributed by atoms with Gasteiger partial charge in [-0.3, -0.25) is 4.90 Å². The first kappa shape index (κ1) is 12.5. The van der Waals surface area contributed by atoms with Gasteiger partial charge in [0.05, 0.1) is 6.04 Å². The molecule has 1 N–H and O–H groups in total. The first-order valence-electron chi connectivity index (χ1n) is 5.61. The average Bonchev–Trinajstić information content (AvgIpc) is 2.86. The van der Waals surface area contributed by atoms with Gasteiger partial charge in [-0.05, 0) is 32.2 Å². The van der Waals surface area contributed by atoms with E-state index < -0.39 is 0 Å². The lowest BCUT2D eigenvalue weighted by atomic mass is 10.3. The molecule has 2 rings (SSSR count). The maximum absolute atomic E-state index is 13.1. The number of hydrogen-bond acceptors (Lipinski definition) is 5. The number of hydrogen-bond donors (Lipinski definition) is 1. The lowest BCUT2D eigenvalue weighted by molar-refractivity contribution is 0.437. The highest BCUT2D eigenvalue weighted by Gasteiger charge is 2.15. The molecule has 2 aromatic rings. The summed E-state index contributed by atoms with van der Waals surface area (Å²) >= 11 is 0. The number of nitrogens with one attached hydrogen (secondary N) is 1. The van der Waals surface area contributed by atoms with E-state index in [9.17, 15) is 4.39 Å². The maximum atomic E-state index is 13.1. The molecule has 1 unspecified atom stereocenters. The summed E-state index contributed by atoms with van der Waals surface area (Å²) in [6.07, 6.45) is 0. The second kappa shape index (κ2) is 5.14. The highest BCUT2D eigenvalue weighted by atomic mass is 19.1. The molecule has 0 radical (unpaired) electrons. The van der Waals surface area contributed by atoms with Gasteiger partial charge in [0, 0.05) is 12.7 Å². The number of halogens is 1. The molecule has 1 aromatic heterocycles. The van der Waals surface area contributed by atoms with E-state index in [0.717, 1.165) is 0 Å². The lowest BCUT2D eigenvalue weighted by Crippen LogP contribution is -2.12. The summed E-state index contributed by atoms with van der Waals surface area (Å²) in [5.41, 5.74) is 0.655. The summed E-state index contributed by atoms with van der Waals surface area (Å²) in [7, 11) is 3.56. The van der Waals surface area contributed by atoms with Crippen LogP contribution in [0.3, 0.4) is 0 Å². The monoisotopic (exact) mass is 250 g/mol. The van der Waals surface area contributed by atoms with Crippen molar-refractivity contribution >= 4 is 11.7 Å². The van der Waals surface area contributed by atoms with Gasteiger partial charge in [0.15, 0.2) is 0 Å². The minimum atomic E-state index is -0.303. The van der Waals surface area contributed by atoms with Crippen molar-refractivity contribution in [3.05, 3.63) is 36.0 Å². The van der Waals surface area contributed by atoms with Gasteiger partial charge in [-0.2, -0.15) is 0 Å². The molecule has 0 saturated heterocycles. The fraction of sp³-hybridized carbons (Fsp3) is 0.333. The number of anilines is 2. The van der Waals surface area contributed by atoms with Crippen LogP contribution < -0.4 is 10.2 Å². The SMILES string of the molecule is CNC(C)c1nnc(N(C)c2cccc(F)c2)o1. The van der Waals surface area contributed by atoms with Gasteiger partial charge in [0.2, 0.25) is 5.89 Å². The summed E-state index contributed by atoms with van der Waals surface area (Å²) in [6.45, 7) is 1.92. The molecule has 0 amide bonds. The van der Waals surface area contributed by atoms with E-state index in [1.54, 1.807) is 24.1 Å². The molecule has 0 saturated carbocycles. The van der Waals surface area contributed by atoms with Crippen LogP contribution in [0, 0.1) is 5.82 Å². The fourth-order valence-corrected chi connectivity index (χ4v) is 1.46. The van der Waals surface area contributed by atoms with E-state index in [1.165, 1.54) is 12.1 Å². The number of aromatic nitrogens is 2. The average molecular weight is 250 g/mol. The Morgan fingerprint density at radius 1 is 1.39 bits per heavy atom. The quantitative estimate of drug-likeness (QED) is 0.902. The fourth-order valence-electron chi connectivity index (χ4n) is 1.46. The van der Waals surface area contributed by atoms with E-state index in [0.29, 0.717) is 17.6 Å². The number of rotatable bonds is 4. The van der Waals surface area contributed by atoms with Gasteiger partial charge in [0.25, 0.3) is 0 Å². The summed E-state index contributed by atoms with van der Waals surface area (Å²) in [4.78, 5) is 1.64. The van der Waals surface area contributed by atoms with Crippen LogP contribution in [0.5, 0.6) is 0 Å². The van der Waals surface area contributed by atoms with Crippen LogP contribution in [0.15, 0.2) is 28.7 Å². The third-order valence-corrected chi connectivity index (χ3v) is 2.72. The molecular formula is C12H15FN4O. The third-order valence-electron chi connectivity index (χ3n) is 2.72. The van der Waals surface area contributed by atoms with Crippen molar-refractivity contribution in [3.8, 4) is 0 Å². The van der Waals surface area contributed by atoms with Gasteiger partial charge in [-0.25, -0.2) is 4.39 Å². The Morgan fingerprint density at radius 2 is 2.17 bits per heavy atom. The van der Waals surface area contributed by atoms with Crippen LogP contribution in [-0.2, 0) is 0 Å². The zero-order valence-corrected chi connectivity index (χ0v) is 10.5. The summed E-state index contributed by atoms with van der Waals surface area (Å²) in [5, 5.41) is 10.9. The van der Waals surface area contributed by atoms with Crippen molar-refractivity contribution in [3.63, 3.8) is 0 Å². The predicted molar refractivity (Wildman–Crippen MR) is 66.2 cm³/mol. The maximum Gasteiger partial charge on any atom is 0.322 e. The zero-order valence-electron chi connectivity index (χ0n) is 10.5. The molecule has 1 aromatic carbocycles. The van der Waals surface area contributed by atoms with Gasteiger partial charge in [-0.15, -0.1) is 5.10 Å². The minimum Gasteiger partial charge on any atom is -0.406 e. The van der Waals surface area contributed by atoms with E-state index in [-0.39, 0.29) is 11.9 Å². The normalized spacial score (nSPS) is 12.4.